The Hall–Kier alpha value is -2.21. The van der Waals surface area contributed by atoms with Crippen LogP contribution in [0.2, 0.25) is 0 Å². The predicted molar refractivity (Wildman–Crippen MR) is 91.8 cm³/mol. The summed E-state index contributed by atoms with van der Waals surface area (Å²) in [6.07, 6.45) is 4.14. The van der Waals surface area contributed by atoms with Gasteiger partial charge in [0.25, 0.3) is 0 Å². The lowest BCUT2D eigenvalue weighted by atomic mass is 10.2. The van der Waals surface area contributed by atoms with Crippen LogP contribution in [0.1, 0.15) is 39.8 Å². The van der Waals surface area contributed by atoms with Crippen LogP contribution in [-0.4, -0.2) is 20.3 Å². The number of pyridine rings is 1. The van der Waals surface area contributed by atoms with Gasteiger partial charge in [-0.05, 0) is 39.3 Å². The van der Waals surface area contributed by atoms with Gasteiger partial charge in [-0.15, -0.1) is 11.3 Å². The summed E-state index contributed by atoms with van der Waals surface area (Å²) in [7, 11) is 0. The standard InChI is InChI=1S/C17H20N4OS/c1-10-6-5-7-21-9-14(20-17(10)21)8-15(22)19-12(3)16-11(2)18-13(4)23-16/h5-7,9,12H,8H2,1-4H3,(H,19,22). The van der Waals surface area contributed by atoms with Crippen molar-refractivity contribution in [2.75, 3.05) is 0 Å². The van der Waals surface area contributed by atoms with E-state index < -0.39 is 0 Å². The second-order valence-electron chi connectivity index (χ2n) is 5.80. The number of nitrogens with zero attached hydrogens (tertiary/aromatic N) is 3. The van der Waals surface area contributed by atoms with Gasteiger partial charge in [-0.1, -0.05) is 6.07 Å². The molecule has 1 atom stereocenters. The van der Waals surface area contributed by atoms with Crippen LogP contribution in [0.25, 0.3) is 5.65 Å². The molecule has 0 radical (unpaired) electrons. The third kappa shape index (κ3) is 3.27. The molecule has 120 valence electrons. The van der Waals surface area contributed by atoms with Gasteiger partial charge >= 0.3 is 0 Å². The molecule has 0 spiro atoms. The van der Waals surface area contributed by atoms with E-state index in [-0.39, 0.29) is 18.4 Å². The monoisotopic (exact) mass is 328 g/mol. The fourth-order valence-electron chi connectivity index (χ4n) is 2.76. The lowest BCUT2D eigenvalue weighted by molar-refractivity contribution is -0.121. The van der Waals surface area contributed by atoms with Gasteiger partial charge < -0.3 is 9.72 Å². The number of fused-ring (bicyclic) bond motifs is 1. The lowest BCUT2D eigenvalue weighted by Crippen LogP contribution is -2.28. The van der Waals surface area contributed by atoms with Crippen molar-refractivity contribution in [2.45, 2.75) is 40.2 Å². The molecule has 3 heterocycles. The maximum Gasteiger partial charge on any atom is 0.226 e. The molecule has 1 unspecified atom stereocenters. The summed E-state index contributed by atoms with van der Waals surface area (Å²) in [4.78, 5) is 22.4. The molecule has 0 fully saturated rings. The third-order valence-corrected chi connectivity index (χ3v) is 5.04. The van der Waals surface area contributed by atoms with Crippen LogP contribution in [0.4, 0.5) is 0 Å². The van der Waals surface area contributed by atoms with Gasteiger partial charge in [0.1, 0.15) is 5.65 Å². The van der Waals surface area contributed by atoms with Crippen molar-refractivity contribution in [1.29, 1.82) is 0 Å². The summed E-state index contributed by atoms with van der Waals surface area (Å²) >= 11 is 1.63. The van der Waals surface area contributed by atoms with E-state index in [1.807, 2.05) is 56.6 Å². The fraction of sp³-hybridized carbons (Fsp3) is 0.353. The molecular formula is C17H20N4OS. The maximum atomic E-state index is 12.3. The highest BCUT2D eigenvalue weighted by Crippen LogP contribution is 2.24. The Morgan fingerprint density at radius 3 is 2.78 bits per heavy atom. The molecule has 6 heteroatoms. The zero-order valence-corrected chi connectivity index (χ0v) is 14.6. The third-order valence-electron chi connectivity index (χ3n) is 3.78. The number of aromatic nitrogens is 3. The molecule has 0 bridgehead atoms. The van der Waals surface area contributed by atoms with Crippen molar-refractivity contribution in [2.24, 2.45) is 0 Å². The molecule has 3 rings (SSSR count). The summed E-state index contributed by atoms with van der Waals surface area (Å²) < 4.78 is 1.96. The SMILES string of the molecule is Cc1nc(C)c(C(C)NC(=O)Cc2cn3cccc(C)c3n2)s1. The zero-order valence-electron chi connectivity index (χ0n) is 13.8. The van der Waals surface area contributed by atoms with E-state index in [4.69, 9.17) is 0 Å². The van der Waals surface area contributed by atoms with Crippen molar-refractivity contribution in [3.05, 3.63) is 51.4 Å². The summed E-state index contributed by atoms with van der Waals surface area (Å²) in [6.45, 7) is 7.97. The van der Waals surface area contributed by atoms with E-state index in [9.17, 15) is 4.79 Å². The smallest absolute Gasteiger partial charge is 0.226 e. The Bertz CT molecular complexity index is 865. The Morgan fingerprint density at radius 1 is 1.35 bits per heavy atom. The molecule has 3 aromatic rings. The van der Waals surface area contributed by atoms with Crippen molar-refractivity contribution in [1.82, 2.24) is 19.7 Å². The van der Waals surface area contributed by atoms with Gasteiger partial charge in [-0.3, -0.25) is 4.79 Å². The quantitative estimate of drug-likeness (QED) is 0.800. The van der Waals surface area contributed by atoms with E-state index in [2.05, 4.69) is 15.3 Å². The number of imidazole rings is 1. The van der Waals surface area contributed by atoms with Crippen LogP contribution in [0.15, 0.2) is 24.5 Å². The zero-order chi connectivity index (χ0) is 16.6. The highest BCUT2D eigenvalue weighted by molar-refractivity contribution is 7.11. The maximum absolute atomic E-state index is 12.3. The van der Waals surface area contributed by atoms with Gasteiger partial charge in [0.05, 0.1) is 28.9 Å². The number of carbonyl (C=O) groups is 1. The normalized spacial score (nSPS) is 12.5. The van der Waals surface area contributed by atoms with E-state index in [1.54, 1.807) is 11.3 Å². The van der Waals surface area contributed by atoms with Gasteiger partial charge in [-0.25, -0.2) is 9.97 Å². The number of nitrogens with one attached hydrogen (secondary N) is 1. The highest BCUT2D eigenvalue weighted by atomic mass is 32.1. The minimum Gasteiger partial charge on any atom is -0.348 e. The average Bonchev–Trinajstić information content (AvgIpc) is 3.02. The van der Waals surface area contributed by atoms with Crippen LogP contribution in [0.3, 0.4) is 0 Å². The second-order valence-corrected chi connectivity index (χ2v) is 7.04. The summed E-state index contributed by atoms with van der Waals surface area (Å²) in [6, 6.07) is 3.96. The highest BCUT2D eigenvalue weighted by Gasteiger charge is 2.16. The van der Waals surface area contributed by atoms with Crippen LogP contribution in [-0.2, 0) is 11.2 Å². The van der Waals surface area contributed by atoms with Crippen molar-refractivity contribution >= 4 is 22.9 Å². The van der Waals surface area contributed by atoms with Crippen molar-refractivity contribution in [3.63, 3.8) is 0 Å². The van der Waals surface area contributed by atoms with E-state index >= 15 is 0 Å². The molecule has 0 saturated heterocycles. The van der Waals surface area contributed by atoms with Gasteiger partial charge in [0.2, 0.25) is 5.91 Å². The van der Waals surface area contributed by atoms with Gasteiger partial charge in [0, 0.05) is 17.3 Å². The van der Waals surface area contributed by atoms with Crippen LogP contribution < -0.4 is 5.32 Å². The number of thiazole rings is 1. The summed E-state index contributed by atoms with van der Waals surface area (Å²) in [5.74, 6) is -0.0241. The van der Waals surface area contributed by atoms with Crippen molar-refractivity contribution < 1.29 is 4.79 Å². The van der Waals surface area contributed by atoms with Gasteiger partial charge in [-0.2, -0.15) is 0 Å². The first-order chi connectivity index (χ1) is 10.9. The number of carbonyl (C=O) groups excluding carboxylic acids is 1. The Balaban J connectivity index is 1.71. The molecule has 1 N–H and O–H groups in total. The van der Waals surface area contributed by atoms with Crippen LogP contribution >= 0.6 is 11.3 Å². The Labute approximate surface area is 139 Å². The first kappa shape index (κ1) is 15.7. The fourth-order valence-corrected chi connectivity index (χ4v) is 3.69. The Kier molecular flexibility index (Phi) is 4.17. The molecular weight excluding hydrogens is 308 g/mol. The summed E-state index contributed by atoms with van der Waals surface area (Å²) in [5, 5.41) is 4.06. The van der Waals surface area contributed by atoms with Gasteiger partial charge in [0.15, 0.2) is 0 Å². The number of hydrogen-bond donors (Lipinski definition) is 1. The molecule has 0 saturated carbocycles. The predicted octanol–water partition coefficient (Wildman–Crippen LogP) is 3.14. The topological polar surface area (TPSA) is 59.3 Å². The van der Waals surface area contributed by atoms with Crippen LogP contribution in [0, 0.1) is 20.8 Å². The number of aryl methyl sites for hydroxylation is 3. The molecule has 5 nitrogen and oxygen atoms in total. The van der Waals surface area contributed by atoms with E-state index in [0.717, 1.165) is 32.5 Å². The second kappa shape index (κ2) is 6.12. The molecule has 0 aliphatic carbocycles. The first-order valence-electron chi connectivity index (χ1n) is 7.60. The minimum atomic E-state index is -0.0348. The Morgan fingerprint density at radius 2 is 2.13 bits per heavy atom. The van der Waals surface area contributed by atoms with E-state index in [1.165, 1.54) is 0 Å². The summed E-state index contributed by atoms with van der Waals surface area (Å²) in [5.41, 5.74) is 3.77. The minimum absolute atomic E-state index is 0.0241. The molecule has 0 aliphatic heterocycles. The van der Waals surface area contributed by atoms with E-state index in [0.29, 0.717) is 0 Å². The molecule has 0 aromatic carbocycles. The molecule has 1 amide bonds. The first-order valence-corrected chi connectivity index (χ1v) is 8.42. The number of amides is 1. The number of hydrogen-bond acceptors (Lipinski definition) is 4. The molecule has 3 aromatic heterocycles. The largest absolute Gasteiger partial charge is 0.348 e. The average molecular weight is 328 g/mol. The molecule has 0 aliphatic rings. The van der Waals surface area contributed by atoms with Crippen molar-refractivity contribution in [3.8, 4) is 0 Å². The number of rotatable bonds is 4. The molecule has 23 heavy (non-hydrogen) atoms. The lowest BCUT2D eigenvalue weighted by Gasteiger charge is -2.12. The van der Waals surface area contributed by atoms with Crippen LogP contribution in [0.5, 0.6) is 0 Å².